The lowest BCUT2D eigenvalue weighted by atomic mass is 10.1. The number of H-pyrrole nitrogens is 1. The highest BCUT2D eigenvalue weighted by Crippen LogP contribution is 2.40. The molecule has 0 fully saturated rings. The van der Waals surface area contributed by atoms with E-state index in [0.29, 0.717) is 34.0 Å². The summed E-state index contributed by atoms with van der Waals surface area (Å²) in [5.41, 5.74) is 2.27. The molecule has 0 amide bonds. The third kappa shape index (κ3) is 4.73. The zero-order chi connectivity index (χ0) is 22.5. The van der Waals surface area contributed by atoms with E-state index < -0.39 is 6.43 Å². The fourth-order valence-corrected chi connectivity index (χ4v) is 4.97. The van der Waals surface area contributed by atoms with Gasteiger partial charge in [0.2, 0.25) is 0 Å². The fraction of sp³-hybridized carbons (Fsp3) is 0.222. The molecule has 4 rings (SSSR count). The van der Waals surface area contributed by atoms with E-state index in [4.69, 9.17) is 16.3 Å². The molecular formula is C18H18ClF2IN7OP. The van der Waals surface area contributed by atoms with Crippen LogP contribution in [-0.2, 0) is 0 Å². The summed E-state index contributed by atoms with van der Waals surface area (Å²) in [6, 6.07) is 6.94. The number of aromatic amines is 1. The summed E-state index contributed by atoms with van der Waals surface area (Å²) in [7, 11) is 1.52. The van der Waals surface area contributed by atoms with Gasteiger partial charge in [-0.2, -0.15) is 5.10 Å². The van der Waals surface area contributed by atoms with Crippen LogP contribution >= 0.6 is 40.0 Å². The zero-order valence-electron chi connectivity index (χ0n) is 16.6. The maximum Gasteiger partial charge on any atom is 0.295 e. The largest absolute Gasteiger partial charge is 0.494 e. The highest BCUT2D eigenvalue weighted by atomic mass is 127. The fourth-order valence-electron chi connectivity index (χ4n) is 2.88. The number of fused-ring (bicyclic) bond motifs is 1. The number of methoxy groups -OCH3 is 1. The number of para-hydroxylation sites is 1. The van der Waals surface area contributed by atoms with Crippen molar-refractivity contribution < 1.29 is 13.5 Å². The number of aromatic nitrogens is 6. The zero-order valence-corrected chi connectivity index (χ0v) is 20.5. The SMILES string of the molecule is CC.COc1c(Nc2cc(Cl)nc3c2nc(C(F)F)n3PI)cccc1-c1ncn[nH]1. The molecule has 0 saturated carbocycles. The molecule has 0 bridgehead atoms. The van der Waals surface area contributed by atoms with Crippen molar-refractivity contribution >= 4 is 62.6 Å². The summed E-state index contributed by atoms with van der Waals surface area (Å²) >= 11 is 8.16. The van der Waals surface area contributed by atoms with Gasteiger partial charge in [-0.05, 0) is 34.2 Å². The van der Waals surface area contributed by atoms with E-state index in [1.54, 1.807) is 12.1 Å². The van der Waals surface area contributed by atoms with Gasteiger partial charge >= 0.3 is 0 Å². The Kier molecular flexibility index (Phi) is 7.95. The Balaban J connectivity index is 0.00000132. The Morgan fingerprint density at radius 3 is 2.65 bits per heavy atom. The molecule has 3 heterocycles. The van der Waals surface area contributed by atoms with Crippen LogP contribution in [0.15, 0.2) is 30.6 Å². The summed E-state index contributed by atoms with van der Waals surface area (Å²) in [6.45, 7) is 4.00. The Labute approximate surface area is 196 Å². The van der Waals surface area contributed by atoms with Gasteiger partial charge in [0.25, 0.3) is 6.43 Å². The van der Waals surface area contributed by atoms with Gasteiger partial charge in [0.1, 0.15) is 17.0 Å². The molecule has 31 heavy (non-hydrogen) atoms. The number of anilines is 2. The number of halogens is 4. The van der Waals surface area contributed by atoms with Gasteiger partial charge in [-0.3, -0.25) is 9.44 Å². The number of nitrogens with zero attached hydrogens (tertiary/aromatic N) is 5. The van der Waals surface area contributed by atoms with Crippen molar-refractivity contribution in [3.8, 4) is 17.1 Å². The highest BCUT2D eigenvalue weighted by molar-refractivity contribution is 14.2. The lowest BCUT2D eigenvalue weighted by Crippen LogP contribution is -1.99. The van der Waals surface area contributed by atoms with Gasteiger partial charge in [-0.1, -0.05) is 31.5 Å². The Morgan fingerprint density at radius 1 is 1.26 bits per heavy atom. The number of rotatable bonds is 6. The lowest BCUT2D eigenvalue weighted by molar-refractivity contribution is 0.140. The predicted octanol–water partition coefficient (Wildman–Crippen LogP) is 6.38. The lowest BCUT2D eigenvalue weighted by Gasteiger charge is -2.14. The molecule has 0 saturated heterocycles. The first-order valence-corrected chi connectivity index (χ1v) is 13.5. The van der Waals surface area contributed by atoms with E-state index in [9.17, 15) is 8.78 Å². The number of alkyl halides is 2. The van der Waals surface area contributed by atoms with E-state index in [-0.39, 0.29) is 23.0 Å². The van der Waals surface area contributed by atoms with Crippen LogP contribution in [0.4, 0.5) is 20.2 Å². The standard InChI is InChI=1S/C16H12ClF2IN7OP.C2H6/c1-28-12-7(14-21-6-22-26-14)3-2-4-8(12)23-9-5-10(17)24-15-11(9)25-16(13(18)19)27(15)29-20;1-2/h2-6,13,29H,1H3,(H,23,24)(H,21,22,26);1-2H3. The average Bonchev–Trinajstić information content (AvgIpc) is 3.43. The molecule has 8 nitrogen and oxygen atoms in total. The maximum absolute atomic E-state index is 13.4. The molecule has 2 N–H and O–H groups in total. The molecule has 13 heteroatoms. The van der Waals surface area contributed by atoms with Crippen LogP contribution in [0, 0.1) is 0 Å². The highest BCUT2D eigenvalue weighted by Gasteiger charge is 2.23. The smallest absolute Gasteiger partial charge is 0.295 e. The summed E-state index contributed by atoms with van der Waals surface area (Å²) in [6.07, 6.45) is -1.35. The topological polar surface area (TPSA) is 93.5 Å². The van der Waals surface area contributed by atoms with Gasteiger partial charge in [0.15, 0.2) is 23.0 Å². The van der Waals surface area contributed by atoms with Crippen molar-refractivity contribution in [3.63, 3.8) is 0 Å². The number of hydrogen-bond donors (Lipinski definition) is 2. The van der Waals surface area contributed by atoms with Crippen molar-refractivity contribution in [2.24, 2.45) is 0 Å². The van der Waals surface area contributed by atoms with Crippen molar-refractivity contribution in [1.82, 2.24) is 29.5 Å². The van der Waals surface area contributed by atoms with Crippen LogP contribution in [0.3, 0.4) is 0 Å². The van der Waals surface area contributed by atoms with E-state index in [2.05, 4.69) is 30.5 Å². The van der Waals surface area contributed by atoms with Crippen LogP contribution < -0.4 is 10.1 Å². The Bertz CT molecular complexity index is 1170. The first-order valence-electron chi connectivity index (χ1n) is 9.07. The number of nitrogens with one attached hydrogen (secondary N) is 2. The quantitative estimate of drug-likeness (QED) is 0.157. The van der Waals surface area contributed by atoms with Crippen LogP contribution in [0.25, 0.3) is 22.6 Å². The van der Waals surface area contributed by atoms with Crippen LogP contribution in [0.1, 0.15) is 26.1 Å². The normalized spacial score (nSPS) is 11.2. The number of pyridine rings is 1. The monoisotopic (exact) mass is 579 g/mol. The van der Waals surface area contributed by atoms with Gasteiger partial charge in [-0.15, -0.1) is 0 Å². The first kappa shape index (κ1) is 23.6. The van der Waals surface area contributed by atoms with Gasteiger partial charge in [0, 0.05) is 6.07 Å². The summed E-state index contributed by atoms with van der Waals surface area (Å²) in [4.78, 5) is 12.5. The Hall–Kier alpha value is -2.11. The molecule has 4 aromatic rings. The van der Waals surface area contributed by atoms with E-state index in [1.165, 1.54) is 23.8 Å². The molecule has 0 radical (unpaired) electrons. The van der Waals surface area contributed by atoms with Crippen LogP contribution in [0.5, 0.6) is 5.75 Å². The average molecular weight is 580 g/mol. The molecule has 0 aliphatic heterocycles. The molecular weight excluding hydrogens is 562 g/mol. The van der Waals surface area contributed by atoms with Gasteiger partial charge in [0.05, 0.1) is 30.4 Å². The molecule has 1 atom stereocenters. The van der Waals surface area contributed by atoms with E-state index >= 15 is 0 Å². The Morgan fingerprint density at radius 2 is 2.03 bits per heavy atom. The number of benzene rings is 1. The van der Waals surface area contributed by atoms with Crippen molar-refractivity contribution in [1.29, 1.82) is 0 Å². The third-order valence-electron chi connectivity index (χ3n) is 4.05. The van der Waals surface area contributed by atoms with Gasteiger partial charge in [-0.25, -0.2) is 23.7 Å². The predicted molar refractivity (Wildman–Crippen MR) is 128 cm³/mol. The summed E-state index contributed by atoms with van der Waals surface area (Å²) in [5.74, 6) is 0.668. The summed E-state index contributed by atoms with van der Waals surface area (Å²) in [5, 5.41) is 9.98. The summed E-state index contributed by atoms with van der Waals surface area (Å²) < 4.78 is 33.8. The van der Waals surface area contributed by atoms with E-state index in [0.717, 1.165) is 0 Å². The second kappa shape index (κ2) is 10.5. The minimum atomic E-state index is -2.73. The maximum atomic E-state index is 13.4. The second-order valence-electron chi connectivity index (χ2n) is 5.70. The molecule has 1 aromatic carbocycles. The second-order valence-corrected chi connectivity index (χ2v) is 8.15. The number of hydrogen-bond acceptors (Lipinski definition) is 6. The van der Waals surface area contributed by atoms with Crippen molar-refractivity contribution in [2.45, 2.75) is 20.3 Å². The van der Waals surface area contributed by atoms with Crippen LogP contribution in [0.2, 0.25) is 5.15 Å². The number of imidazole rings is 1. The minimum Gasteiger partial charge on any atom is -0.494 e. The molecule has 1 unspecified atom stereocenters. The third-order valence-corrected chi connectivity index (χ3v) is 6.30. The molecule has 3 aromatic heterocycles. The first-order chi connectivity index (χ1) is 15.0. The van der Waals surface area contributed by atoms with Crippen molar-refractivity contribution in [3.05, 3.63) is 41.6 Å². The van der Waals surface area contributed by atoms with E-state index in [1.807, 2.05) is 42.0 Å². The number of ether oxygens (including phenoxy) is 1. The van der Waals surface area contributed by atoms with Gasteiger partial charge < -0.3 is 10.1 Å². The van der Waals surface area contributed by atoms with Crippen molar-refractivity contribution in [2.75, 3.05) is 12.4 Å². The van der Waals surface area contributed by atoms with Crippen LogP contribution in [-0.4, -0.2) is 36.6 Å². The molecule has 0 aliphatic rings. The molecule has 0 aliphatic carbocycles. The molecule has 0 spiro atoms. The minimum absolute atomic E-state index is 0.00777. The molecule has 164 valence electrons.